The van der Waals surface area contributed by atoms with Gasteiger partial charge in [0.25, 0.3) is 0 Å². The van der Waals surface area contributed by atoms with Crippen LogP contribution in [0.25, 0.3) is 21.7 Å². The Morgan fingerprint density at radius 2 is 1.57 bits per heavy atom. The second kappa shape index (κ2) is 10.2. The van der Waals surface area contributed by atoms with Crippen molar-refractivity contribution < 1.29 is 4.79 Å². The van der Waals surface area contributed by atoms with E-state index in [0.717, 1.165) is 29.1 Å². The quantitative estimate of drug-likeness (QED) is 0.227. The van der Waals surface area contributed by atoms with Gasteiger partial charge in [0.15, 0.2) is 11.2 Å². The van der Waals surface area contributed by atoms with Crippen LogP contribution in [0.3, 0.4) is 0 Å². The fraction of sp³-hybridized carbons (Fsp3) is 0.440. The first-order valence-corrected chi connectivity index (χ1v) is 10.8. The number of Topliss-reactive ketones (excluding diaryl/α,β-unsaturated/α-hetero) is 1. The maximum Gasteiger partial charge on any atom is 0.188 e. The molecule has 0 radical (unpaired) electrons. The molecule has 0 aliphatic heterocycles. The molecule has 0 unspecified atom stereocenters. The molecular weight excluding hydrogens is 346 g/mol. The molecule has 1 heterocycles. The van der Waals surface area contributed by atoms with Gasteiger partial charge >= 0.3 is 0 Å². The maximum absolute atomic E-state index is 12.8. The summed E-state index contributed by atoms with van der Waals surface area (Å²) in [5.74, 6) is 0.142. The highest BCUT2D eigenvalue weighted by Gasteiger charge is 2.13. The number of rotatable bonds is 11. The van der Waals surface area contributed by atoms with Gasteiger partial charge in [-0.05, 0) is 35.4 Å². The number of aromatic amines is 1. The Morgan fingerprint density at radius 3 is 2.32 bits per heavy atom. The van der Waals surface area contributed by atoms with E-state index in [2.05, 4.69) is 11.9 Å². The van der Waals surface area contributed by atoms with Crippen LogP contribution in [0, 0.1) is 0 Å². The zero-order chi connectivity index (χ0) is 19.8. The Bertz CT molecular complexity index is 987. The molecule has 0 fully saturated rings. The van der Waals surface area contributed by atoms with Crippen molar-refractivity contribution in [2.75, 3.05) is 0 Å². The maximum atomic E-state index is 12.8. The summed E-state index contributed by atoms with van der Waals surface area (Å²) in [5, 5.41) is 2.37. The zero-order valence-corrected chi connectivity index (χ0v) is 16.9. The van der Waals surface area contributed by atoms with E-state index in [9.17, 15) is 9.59 Å². The summed E-state index contributed by atoms with van der Waals surface area (Å²) < 4.78 is 0. The van der Waals surface area contributed by atoms with Gasteiger partial charge in [0.05, 0.1) is 10.9 Å². The molecule has 3 aromatic rings. The molecule has 0 amide bonds. The first-order valence-electron chi connectivity index (χ1n) is 10.8. The molecule has 2 aromatic carbocycles. The molecule has 0 atom stereocenters. The molecule has 3 heteroatoms. The molecule has 1 N–H and O–H groups in total. The van der Waals surface area contributed by atoms with E-state index >= 15 is 0 Å². The minimum Gasteiger partial charge on any atom is -0.361 e. The highest BCUT2D eigenvalue weighted by atomic mass is 16.1. The van der Waals surface area contributed by atoms with Crippen molar-refractivity contribution in [2.24, 2.45) is 0 Å². The molecule has 0 saturated carbocycles. The molecule has 0 aliphatic carbocycles. The molecule has 0 aliphatic rings. The number of benzene rings is 2. The van der Waals surface area contributed by atoms with Gasteiger partial charge in [0, 0.05) is 18.2 Å². The average Bonchev–Trinajstić information content (AvgIpc) is 2.72. The summed E-state index contributed by atoms with van der Waals surface area (Å²) in [6.45, 7) is 2.24. The van der Waals surface area contributed by atoms with Crippen LogP contribution in [0.5, 0.6) is 0 Å². The monoisotopic (exact) mass is 377 g/mol. The van der Waals surface area contributed by atoms with Crippen LogP contribution in [0.1, 0.15) is 81.5 Å². The number of aromatic nitrogens is 1. The van der Waals surface area contributed by atoms with Crippen LogP contribution in [0.15, 0.2) is 47.4 Å². The minimum absolute atomic E-state index is 0.0392. The smallest absolute Gasteiger partial charge is 0.188 e. The Morgan fingerprint density at radius 1 is 0.857 bits per heavy atom. The van der Waals surface area contributed by atoms with Crippen LogP contribution < -0.4 is 5.43 Å². The first kappa shape index (κ1) is 20.3. The van der Waals surface area contributed by atoms with Gasteiger partial charge in [-0.2, -0.15) is 0 Å². The summed E-state index contributed by atoms with van der Waals surface area (Å²) >= 11 is 0. The highest BCUT2D eigenvalue weighted by molar-refractivity contribution is 6.14. The standard InChI is InChI=1S/C25H31NO2/c1-2-3-4-5-6-7-8-9-10-13-22(27)20-16-17-23(28)24-21(20)15-14-19-12-11-18-26-25(19)24/h11-12,14-18,26H,2-10,13H2,1H3. The molecule has 0 saturated heterocycles. The van der Waals surface area contributed by atoms with Gasteiger partial charge in [-0.3, -0.25) is 9.59 Å². The average molecular weight is 378 g/mol. The van der Waals surface area contributed by atoms with E-state index < -0.39 is 0 Å². The second-order valence-electron chi connectivity index (χ2n) is 7.74. The topological polar surface area (TPSA) is 49.9 Å². The number of fused-ring (bicyclic) bond motifs is 3. The van der Waals surface area contributed by atoms with E-state index in [1.165, 1.54) is 51.0 Å². The number of hydrogen-bond acceptors (Lipinski definition) is 2. The van der Waals surface area contributed by atoms with Crippen LogP contribution >= 0.6 is 0 Å². The molecular formula is C25H31NO2. The van der Waals surface area contributed by atoms with Crippen molar-refractivity contribution in [3.05, 3.63) is 58.4 Å². The minimum atomic E-state index is -0.0392. The van der Waals surface area contributed by atoms with Gasteiger partial charge in [0.1, 0.15) is 0 Å². The fourth-order valence-electron chi connectivity index (χ4n) is 3.98. The largest absolute Gasteiger partial charge is 0.361 e. The van der Waals surface area contributed by atoms with Crippen molar-refractivity contribution >= 4 is 27.5 Å². The molecule has 28 heavy (non-hydrogen) atoms. The van der Waals surface area contributed by atoms with Gasteiger partial charge in [-0.25, -0.2) is 0 Å². The third-order valence-electron chi connectivity index (χ3n) is 5.58. The Kier molecular flexibility index (Phi) is 7.41. The third kappa shape index (κ3) is 4.89. The number of H-pyrrole nitrogens is 1. The number of nitrogens with one attached hydrogen (secondary N) is 1. The summed E-state index contributed by atoms with van der Waals surface area (Å²) in [4.78, 5) is 28.4. The SMILES string of the molecule is CCCCCCCCCCCC(=O)c1ccc(=O)c2c1ccc1ccc[nH]c12. The summed E-state index contributed by atoms with van der Waals surface area (Å²) in [6, 6.07) is 11.0. The van der Waals surface area contributed by atoms with Crippen LogP contribution in [-0.4, -0.2) is 10.8 Å². The Balaban J connectivity index is 1.61. The van der Waals surface area contributed by atoms with Crippen molar-refractivity contribution in [2.45, 2.75) is 71.1 Å². The molecule has 3 nitrogen and oxygen atoms in total. The lowest BCUT2D eigenvalue weighted by Gasteiger charge is -2.08. The van der Waals surface area contributed by atoms with Crippen LogP contribution in [-0.2, 0) is 0 Å². The lowest BCUT2D eigenvalue weighted by molar-refractivity contribution is 0.0980. The van der Waals surface area contributed by atoms with Crippen molar-refractivity contribution in [3.8, 4) is 0 Å². The van der Waals surface area contributed by atoms with Gasteiger partial charge in [-0.1, -0.05) is 76.5 Å². The van der Waals surface area contributed by atoms with Crippen LogP contribution in [0.2, 0.25) is 0 Å². The molecule has 0 spiro atoms. The number of ketones is 1. The molecule has 3 rings (SSSR count). The Labute approximate surface area is 167 Å². The summed E-state index contributed by atoms with van der Waals surface area (Å²) in [5.41, 5.74) is 1.44. The normalized spacial score (nSPS) is 11.3. The Hall–Kier alpha value is -2.42. The predicted octanol–water partition coefficient (Wildman–Crippen LogP) is 6.78. The van der Waals surface area contributed by atoms with Gasteiger partial charge in [0.2, 0.25) is 0 Å². The van der Waals surface area contributed by atoms with Crippen molar-refractivity contribution in [1.29, 1.82) is 0 Å². The summed E-state index contributed by atoms with van der Waals surface area (Å²) in [6.07, 6.45) is 13.5. The lowest BCUT2D eigenvalue weighted by Crippen LogP contribution is -2.07. The number of unbranched alkanes of at least 4 members (excludes halogenated alkanes) is 8. The van der Waals surface area contributed by atoms with E-state index in [4.69, 9.17) is 0 Å². The van der Waals surface area contributed by atoms with Gasteiger partial charge < -0.3 is 4.98 Å². The summed E-state index contributed by atoms with van der Waals surface area (Å²) in [7, 11) is 0. The van der Waals surface area contributed by atoms with E-state index in [1.54, 1.807) is 6.07 Å². The lowest BCUT2D eigenvalue weighted by atomic mass is 9.96. The predicted molar refractivity (Wildman–Crippen MR) is 118 cm³/mol. The third-order valence-corrected chi connectivity index (χ3v) is 5.58. The fourth-order valence-corrected chi connectivity index (χ4v) is 3.98. The first-order chi connectivity index (χ1) is 13.7. The van der Waals surface area contributed by atoms with Crippen LogP contribution in [0.4, 0.5) is 0 Å². The molecule has 0 bridgehead atoms. The zero-order valence-electron chi connectivity index (χ0n) is 16.9. The molecule has 148 valence electrons. The number of pyridine rings is 1. The van der Waals surface area contributed by atoms with E-state index in [-0.39, 0.29) is 11.2 Å². The second-order valence-corrected chi connectivity index (χ2v) is 7.74. The van der Waals surface area contributed by atoms with Crippen molar-refractivity contribution in [3.63, 3.8) is 0 Å². The van der Waals surface area contributed by atoms with Crippen molar-refractivity contribution in [1.82, 2.24) is 4.98 Å². The van der Waals surface area contributed by atoms with E-state index in [0.29, 0.717) is 17.4 Å². The van der Waals surface area contributed by atoms with Gasteiger partial charge in [-0.15, -0.1) is 0 Å². The number of hydrogen-bond donors (Lipinski definition) is 1. The highest BCUT2D eigenvalue weighted by Crippen LogP contribution is 2.25. The van der Waals surface area contributed by atoms with E-state index in [1.807, 2.05) is 30.5 Å². The number of carbonyl (C=O) groups excluding carboxylic acids is 1. The number of carbonyl (C=O) groups is 1. The molecule has 1 aromatic heterocycles.